The number of aryl methyl sites for hydroxylation is 2. The van der Waals surface area contributed by atoms with Gasteiger partial charge in [0, 0.05) is 4.88 Å². The fourth-order valence-corrected chi connectivity index (χ4v) is 4.28. The number of hydrogen-bond donors (Lipinski definition) is 1. The second kappa shape index (κ2) is 8.39. The van der Waals surface area contributed by atoms with Gasteiger partial charge in [-0.15, -0.1) is 11.3 Å². The number of esters is 2. The van der Waals surface area contributed by atoms with Crippen LogP contribution in [-0.2, 0) is 27.1 Å². The Labute approximate surface area is 160 Å². The highest BCUT2D eigenvalue weighted by Gasteiger charge is 2.27. The lowest BCUT2D eigenvalue weighted by atomic mass is 9.95. The number of nitrogens with one attached hydrogen (secondary N) is 1. The molecule has 0 radical (unpaired) electrons. The van der Waals surface area contributed by atoms with Gasteiger partial charge in [-0.2, -0.15) is 0 Å². The van der Waals surface area contributed by atoms with Gasteiger partial charge in [0.1, 0.15) is 10.8 Å². The maximum Gasteiger partial charge on any atom is 0.374 e. The first kappa shape index (κ1) is 19.2. The fraction of sp³-hybridized carbons (Fsp3) is 0.421. The van der Waals surface area contributed by atoms with Crippen LogP contribution in [0.4, 0.5) is 5.00 Å². The average molecular weight is 391 g/mol. The Morgan fingerprint density at radius 3 is 2.63 bits per heavy atom. The van der Waals surface area contributed by atoms with Crippen LogP contribution in [0.3, 0.4) is 0 Å². The van der Waals surface area contributed by atoms with Gasteiger partial charge in [0.2, 0.25) is 5.76 Å². The molecule has 0 saturated carbocycles. The lowest BCUT2D eigenvalue weighted by Gasteiger charge is -2.12. The van der Waals surface area contributed by atoms with Crippen molar-refractivity contribution in [3.8, 4) is 0 Å². The van der Waals surface area contributed by atoms with Gasteiger partial charge in [-0.3, -0.25) is 4.79 Å². The highest BCUT2D eigenvalue weighted by molar-refractivity contribution is 7.17. The van der Waals surface area contributed by atoms with Crippen LogP contribution in [0.5, 0.6) is 0 Å². The number of thiophene rings is 1. The van der Waals surface area contributed by atoms with Gasteiger partial charge < -0.3 is 19.2 Å². The molecule has 0 aromatic carbocycles. The van der Waals surface area contributed by atoms with Crippen LogP contribution in [0.15, 0.2) is 16.5 Å². The molecule has 8 heteroatoms. The molecule has 0 atom stereocenters. The summed E-state index contributed by atoms with van der Waals surface area (Å²) < 4.78 is 15.3. The standard InChI is InChI=1S/C19H21NO6S/c1-3-24-19(23)16-12-6-4-5-7-14(12)27-17(16)20-15(21)10-25-18(22)13-9-8-11(2)26-13/h8-9H,3-7,10H2,1-2H3,(H,20,21). The van der Waals surface area contributed by atoms with Gasteiger partial charge in [0.15, 0.2) is 6.61 Å². The molecule has 0 bridgehead atoms. The third kappa shape index (κ3) is 4.39. The molecule has 1 amide bonds. The monoisotopic (exact) mass is 391 g/mol. The zero-order valence-electron chi connectivity index (χ0n) is 15.3. The zero-order valence-corrected chi connectivity index (χ0v) is 16.1. The van der Waals surface area contributed by atoms with Crippen molar-refractivity contribution >= 4 is 34.2 Å². The molecule has 2 aromatic rings. The number of hydrogen-bond acceptors (Lipinski definition) is 7. The first-order valence-corrected chi connectivity index (χ1v) is 9.66. The Kier molecular flexibility index (Phi) is 5.95. The van der Waals surface area contributed by atoms with Crippen molar-refractivity contribution in [2.24, 2.45) is 0 Å². The van der Waals surface area contributed by atoms with Crippen molar-refractivity contribution in [2.75, 3.05) is 18.5 Å². The summed E-state index contributed by atoms with van der Waals surface area (Å²) in [5, 5.41) is 3.14. The summed E-state index contributed by atoms with van der Waals surface area (Å²) in [6.07, 6.45) is 3.74. The molecule has 0 aliphatic heterocycles. The van der Waals surface area contributed by atoms with Crippen LogP contribution in [0.2, 0.25) is 0 Å². The highest BCUT2D eigenvalue weighted by Crippen LogP contribution is 2.38. The molecule has 1 aliphatic rings. The summed E-state index contributed by atoms with van der Waals surface area (Å²) in [5.74, 6) is -1.05. The summed E-state index contributed by atoms with van der Waals surface area (Å²) in [6, 6.07) is 3.13. The average Bonchev–Trinajstić information content (AvgIpc) is 3.23. The lowest BCUT2D eigenvalue weighted by molar-refractivity contribution is -0.119. The normalized spacial score (nSPS) is 13.0. The van der Waals surface area contributed by atoms with Crippen LogP contribution in [0, 0.1) is 6.92 Å². The molecule has 3 rings (SSSR count). The molecule has 7 nitrogen and oxygen atoms in total. The molecule has 0 unspecified atom stereocenters. The van der Waals surface area contributed by atoms with E-state index in [9.17, 15) is 14.4 Å². The summed E-state index contributed by atoms with van der Waals surface area (Å²) in [4.78, 5) is 37.6. The van der Waals surface area contributed by atoms with Gasteiger partial charge >= 0.3 is 11.9 Å². The molecule has 1 aliphatic carbocycles. The predicted molar refractivity (Wildman–Crippen MR) is 99.3 cm³/mol. The maximum atomic E-state index is 12.4. The second-order valence-electron chi connectivity index (χ2n) is 6.17. The molecule has 2 heterocycles. The predicted octanol–water partition coefficient (Wildman–Crippen LogP) is 3.50. The van der Waals surface area contributed by atoms with E-state index in [0.717, 1.165) is 36.1 Å². The number of carbonyl (C=O) groups is 3. The van der Waals surface area contributed by atoms with E-state index in [4.69, 9.17) is 13.9 Å². The summed E-state index contributed by atoms with van der Waals surface area (Å²) in [6.45, 7) is 3.24. The van der Waals surface area contributed by atoms with Gasteiger partial charge in [0.25, 0.3) is 5.91 Å². The lowest BCUT2D eigenvalue weighted by Crippen LogP contribution is -2.21. The van der Waals surface area contributed by atoms with Crippen molar-refractivity contribution < 1.29 is 28.3 Å². The minimum Gasteiger partial charge on any atom is -0.462 e. The minimum absolute atomic E-state index is 0.0408. The van der Waals surface area contributed by atoms with Crippen LogP contribution in [0.1, 0.15) is 56.9 Å². The Morgan fingerprint density at radius 1 is 1.15 bits per heavy atom. The molecular formula is C19H21NO6S. The molecule has 27 heavy (non-hydrogen) atoms. The van der Waals surface area contributed by atoms with E-state index in [1.807, 2.05) is 0 Å². The number of carbonyl (C=O) groups excluding carboxylic acids is 3. The molecule has 2 aromatic heterocycles. The second-order valence-corrected chi connectivity index (χ2v) is 7.28. The number of amides is 1. The highest BCUT2D eigenvalue weighted by atomic mass is 32.1. The smallest absolute Gasteiger partial charge is 0.374 e. The number of rotatable bonds is 6. The fourth-order valence-electron chi connectivity index (χ4n) is 2.98. The van der Waals surface area contributed by atoms with Gasteiger partial charge in [0.05, 0.1) is 12.2 Å². The van der Waals surface area contributed by atoms with E-state index in [-0.39, 0.29) is 12.4 Å². The molecule has 0 fully saturated rings. The van der Waals surface area contributed by atoms with Gasteiger partial charge in [-0.05, 0) is 57.2 Å². The Bertz CT molecular complexity index is 866. The largest absolute Gasteiger partial charge is 0.462 e. The van der Waals surface area contributed by atoms with E-state index in [0.29, 0.717) is 16.3 Å². The van der Waals surface area contributed by atoms with E-state index in [1.54, 1.807) is 19.9 Å². The summed E-state index contributed by atoms with van der Waals surface area (Å²) in [7, 11) is 0. The maximum absolute atomic E-state index is 12.4. The van der Waals surface area contributed by atoms with Gasteiger partial charge in [-0.25, -0.2) is 9.59 Å². The van der Waals surface area contributed by atoms with Crippen LogP contribution >= 0.6 is 11.3 Å². The molecule has 144 valence electrons. The first-order valence-electron chi connectivity index (χ1n) is 8.84. The van der Waals surface area contributed by atoms with Crippen molar-refractivity contribution in [3.05, 3.63) is 39.7 Å². The number of furan rings is 1. The number of fused-ring (bicyclic) bond motifs is 1. The van der Waals surface area contributed by atoms with E-state index in [2.05, 4.69) is 5.32 Å². The van der Waals surface area contributed by atoms with E-state index in [1.165, 1.54) is 17.4 Å². The summed E-state index contributed by atoms with van der Waals surface area (Å²) in [5.41, 5.74) is 1.39. The Hall–Kier alpha value is -2.61. The SMILES string of the molecule is CCOC(=O)c1c(NC(=O)COC(=O)c2ccc(C)o2)sc2c1CCCC2. The van der Waals surface area contributed by atoms with Crippen molar-refractivity contribution in [1.29, 1.82) is 0 Å². The Balaban J connectivity index is 1.69. The quantitative estimate of drug-likeness (QED) is 0.758. The molecule has 1 N–H and O–H groups in total. The molecular weight excluding hydrogens is 370 g/mol. The van der Waals surface area contributed by atoms with E-state index >= 15 is 0 Å². The Morgan fingerprint density at radius 2 is 1.93 bits per heavy atom. The third-order valence-electron chi connectivity index (χ3n) is 4.18. The minimum atomic E-state index is -0.714. The number of ether oxygens (including phenoxy) is 2. The van der Waals surface area contributed by atoms with Gasteiger partial charge in [-0.1, -0.05) is 0 Å². The zero-order chi connectivity index (χ0) is 19.4. The number of anilines is 1. The van der Waals surface area contributed by atoms with Crippen molar-refractivity contribution in [1.82, 2.24) is 0 Å². The van der Waals surface area contributed by atoms with E-state index < -0.39 is 24.5 Å². The third-order valence-corrected chi connectivity index (χ3v) is 5.39. The molecule has 0 spiro atoms. The van der Waals surface area contributed by atoms with Crippen LogP contribution in [-0.4, -0.2) is 31.1 Å². The summed E-state index contributed by atoms with van der Waals surface area (Å²) >= 11 is 1.39. The molecule has 0 saturated heterocycles. The first-order chi connectivity index (χ1) is 13.0. The van der Waals surface area contributed by atoms with Crippen molar-refractivity contribution in [2.45, 2.75) is 39.5 Å². The van der Waals surface area contributed by atoms with Crippen LogP contribution < -0.4 is 5.32 Å². The van der Waals surface area contributed by atoms with Crippen LogP contribution in [0.25, 0.3) is 0 Å². The van der Waals surface area contributed by atoms with Crippen molar-refractivity contribution in [3.63, 3.8) is 0 Å². The topological polar surface area (TPSA) is 94.8 Å².